The third-order valence-corrected chi connectivity index (χ3v) is 3.79. The van der Waals surface area contributed by atoms with Crippen molar-refractivity contribution in [2.24, 2.45) is 0 Å². The number of anilines is 1. The number of alkyl halides is 3. The van der Waals surface area contributed by atoms with Gasteiger partial charge >= 0.3 is 6.18 Å². The van der Waals surface area contributed by atoms with E-state index in [0.717, 1.165) is 22.9 Å². The second-order valence-corrected chi connectivity index (χ2v) is 5.97. The molecule has 0 bridgehead atoms. The van der Waals surface area contributed by atoms with Gasteiger partial charge in [0.25, 0.3) is 0 Å². The Bertz CT molecular complexity index is 458. The maximum Gasteiger partial charge on any atom is 0.405 e. The molecule has 1 saturated carbocycles. The van der Waals surface area contributed by atoms with E-state index in [9.17, 15) is 13.2 Å². The Hall–Kier alpha value is -0.750. The smallest absolute Gasteiger partial charge is 0.363 e. The second-order valence-electron chi connectivity index (χ2n) is 5.06. The van der Waals surface area contributed by atoms with Crippen LogP contribution in [0.25, 0.3) is 0 Å². The summed E-state index contributed by atoms with van der Waals surface area (Å²) in [6, 6.07) is 6.05. The highest BCUT2D eigenvalue weighted by Gasteiger charge is 2.31. The van der Waals surface area contributed by atoms with Gasteiger partial charge in [-0.05, 0) is 37.5 Å². The van der Waals surface area contributed by atoms with E-state index in [4.69, 9.17) is 0 Å². The Labute approximate surface area is 125 Å². The van der Waals surface area contributed by atoms with Gasteiger partial charge in [-0.25, -0.2) is 0 Å². The number of hydrogen-bond donors (Lipinski definition) is 1. The molecule has 2 rings (SSSR count). The summed E-state index contributed by atoms with van der Waals surface area (Å²) >= 11 is 3.34. The minimum absolute atomic E-state index is 0.326. The fourth-order valence-corrected chi connectivity index (χ4v) is 2.46. The maximum absolute atomic E-state index is 12.7. The average Bonchev–Trinajstić information content (AvgIpc) is 3.17. The normalized spacial score (nSPS) is 15.4. The van der Waals surface area contributed by atoms with Gasteiger partial charge in [0.2, 0.25) is 0 Å². The van der Waals surface area contributed by atoms with Crippen molar-refractivity contribution in [3.05, 3.63) is 28.2 Å². The molecule has 1 aromatic carbocycles. The minimum Gasteiger partial charge on any atom is -0.363 e. The van der Waals surface area contributed by atoms with E-state index < -0.39 is 12.7 Å². The lowest BCUT2D eigenvalue weighted by Gasteiger charge is -2.27. The molecule has 1 aliphatic rings. The van der Waals surface area contributed by atoms with Gasteiger partial charge in [-0.15, -0.1) is 0 Å². The highest BCUT2D eigenvalue weighted by atomic mass is 79.9. The molecule has 0 saturated heterocycles. The first-order valence-electron chi connectivity index (χ1n) is 6.72. The molecule has 112 valence electrons. The van der Waals surface area contributed by atoms with Crippen LogP contribution in [0.4, 0.5) is 18.9 Å². The first kappa shape index (κ1) is 15.6. The molecule has 0 atom stereocenters. The van der Waals surface area contributed by atoms with Gasteiger partial charge in [-0.2, -0.15) is 13.2 Å². The summed E-state index contributed by atoms with van der Waals surface area (Å²) in [6.45, 7) is 1.76. The van der Waals surface area contributed by atoms with E-state index in [1.807, 2.05) is 12.1 Å². The van der Waals surface area contributed by atoms with Gasteiger partial charge in [-0.1, -0.05) is 22.0 Å². The van der Waals surface area contributed by atoms with Crippen LogP contribution in [0, 0.1) is 0 Å². The molecule has 20 heavy (non-hydrogen) atoms. The third kappa shape index (κ3) is 4.66. The SMILES string of the molecule is CCN(CC(F)(F)F)c1cc(Br)ccc1CNC1CC1. The summed E-state index contributed by atoms with van der Waals surface area (Å²) in [7, 11) is 0. The number of hydrogen-bond acceptors (Lipinski definition) is 2. The number of nitrogens with zero attached hydrogens (tertiary/aromatic N) is 1. The van der Waals surface area contributed by atoms with Crippen LogP contribution in [0.5, 0.6) is 0 Å². The standard InChI is InChI=1S/C14H18BrF3N2/c1-2-20(9-14(16,17)18)13-7-11(15)4-3-10(13)8-19-12-5-6-12/h3-4,7,12,19H,2,5-6,8-9H2,1H3. The molecule has 1 N–H and O–H groups in total. The Morgan fingerprint density at radius 2 is 2.05 bits per heavy atom. The number of nitrogens with one attached hydrogen (secondary N) is 1. The van der Waals surface area contributed by atoms with Crippen molar-refractivity contribution in [1.29, 1.82) is 0 Å². The Balaban J connectivity index is 2.18. The van der Waals surface area contributed by atoms with E-state index >= 15 is 0 Å². The van der Waals surface area contributed by atoms with E-state index in [-0.39, 0.29) is 0 Å². The van der Waals surface area contributed by atoms with Crippen LogP contribution < -0.4 is 10.2 Å². The van der Waals surface area contributed by atoms with Gasteiger partial charge in [-0.3, -0.25) is 0 Å². The highest BCUT2D eigenvalue weighted by Crippen LogP contribution is 2.29. The van der Waals surface area contributed by atoms with Crippen LogP contribution in [0.3, 0.4) is 0 Å². The molecular formula is C14H18BrF3N2. The minimum atomic E-state index is -4.19. The first-order valence-corrected chi connectivity index (χ1v) is 7.52. The van der Waals surface area contributed by atoms with Gasteiger partial charge in [0, 0.05) is 29.3 Å². The summed E-state index contributed by atoms with van der Waals surface area (Å²) in [5.41, 5.74) is 1.55. The summed E-state index contributed by atoms with van der Waals surface area (Å²) in [5, 5.41) is 3.35. The average molecular weight is 351 g/mol. The molecule has 2 nitrogen and oxygen atoms in total. The van der Waals surface area contributed by atoms with Gasteiger partial charge in [0.05, 0.1) is 0 Å². The molecule has 0 unspecified atom stereocenters. The fourth-order valence-electron chi connectivity index (χ4n) is 2.11. The molecule has 0 amide bonds. The van der Waals surface area contributed by atoms with Crippen molar-refractivity contribution in [2.75, 3.05) is 18.0 Å². The van der Waals surface area contributed by atoms with Gasteiger partial charge in [0.1, 0.15) is 6.54 Å². The van der Waals surface area contributed by atoms with Crippen LogP contribution in [-0.2, 0) is 6.54 Å². The Morgan fingerprint density at radius 3 is 2.60 bits per heavy atom. The van der Waals surface area contributed by atoms with Crippen LogP contribution in [0.1, 0.15) is 25.3 Å². The highest BCUT2D eigenvalue weighted by molar-refractivity contribution is 9.10. The molecule has 0 spiro atoms. The lowest BCUT2D eigenvalue weighted by Crippen LogP contribution is -2.35. The lowest BCUT2D eigenvalue weighted by atomic mass is 10.1. The number of benzene rings is 1. The Kier molecular flexibility index (Phi) is 4.96. The van der Waals surface area contributed by atoms with E-state index in [0.29, 0.717) is 24.8 Å². The predicted octanol–water partition coefficient (Wildman–Crippen LogP) is 4.09. The maximum atomic E-state index is 12.7. The topological polar surface area (TPSA) is 15.3 Å². The van der Waals surface area contributed by atoms with E-state index in [1.165, 1.54) is 4.90 Å². The molecule has 1 aromatic rings. The van der Waals surface area contributed by atoms with Crippen molar-refractivity contribution >= 4 is 21.6 Å². The van der Waals surface area contributed by atoms with Crippen molar-refractivity contribution in [1.82, 2.24) is 5.32 Å². The third-order valence-electron chi connectivity index (χ3n) is 3.30. The van der Waals surface area contributed by atoms with E-state index in [2.05, 4.69) is 21.2 Å². The van der Waals surface area contributed by atoms with Gasteiger partial charge in [0.15, 0.2) is 0 Å². The number of rotatable bonds is 6. The van der Waals surface area contributed by atoms with Crippen molar-refractivity contribution in [3.8, 4) is 0 Å². The second kappa shape index (κ2) is 6.35. The largest absolute Gasteiger partial charge is 0.405 e. The Morgan fingerprint density at radius 1 is 1.35 bits per heavy atom. The quantitative estimate of drug-likeness (QED) is 0.831. The summed E-state index contributed by atoms with van der Waals surface area (Å²) < 4.78 is 38.8. The first-order chi connectivity index (χ1) is 9.39. The van der Waals surface area contributed by atoms with Crippen molar-refractivity contribution in [3.63, 3.8) is 0 Å². The lowest BCUT2D eigenvalue weighted by molar-refractivity contribution is -0.119. The van der Waals surface area contributed by atoms with Crippen molar-refractivity contribution in [2.45, 2.75) is 38.5 Å². The molecule has 0 aliphatic heterocycles. The number of halogens is 4. The van der Waals surface area contributed by atoms with Crippen LogP contribution in [-0.4, -0.2) is 25.3 Å². The van der Waals surface area contributed by atoms with Gasteiger partial charge < -0.3 is 10.2 Å². The predicted molar refractivity (Wildman–Crippen MR) is 77.9 cm³/mol. The van der Waals surface area contributed by atoms with E-state index in [1.54, 1.807) is 13.0 Å². The van der Waals surface area contributed by atoms with Crippen LogP contribution in [0.2, 0.25) is 0 Å². The van der Waals surface area contributed by atoms with Crippen LogP contribution >= 0.6 is 15.9 Å². The molecule has 0 heterocycles. The molecule has 0 aromatic heterocycles. The summed E-state index contributed by atoms with van der Waals surface area (Å²) in [5.74, 6) is 0. The fraction of sp³-hybridized carbons (Fsp3) is 0.571. The van der Waals surface area contributed by atoms with Crippen molar-refractivity contribution < 1.29 is 13.2 Å². The molecular weight excluding hydrogens is 333 g/mol. The zero-order chi connectivity index (χ0) is 14.8. The molecule has 1 fully saturated rings. The molecule has 6 heteroatoms. The zero-order valence-corrected chi connectivity index (χ0v) is 12.9. The zero-order valence-electron chi connectivity index (χ0n) is 11.3. The molecule has 0 radical (unpaired) electrons. The summed E-state index contributed by atoms with van der Waals surface area (Å²) in [6.07, 6.45) is -1.88. The monoisotopic (exact) mass is 350 g/mol. The molecule has 1 aliphatic carbocycles. The van der Waals surface area contributed by atoms with Crippen LogP contribution in [0.15, 0.2) is 22.7 Å². The summed E-state index contributed by atoms with van der Waals surface area (Å²) in [4.78, 5) is 1.37.